The summed E-state index contributed by atoms with van der Waals surface area (Å²) in [7, 11) is 0. The number of carbonyl (C=O) groups excluding carboxylic acids is 2. The van der Waals surface area contributed by atoms with Gasteiger partial charge in [0.15, 0.2) is 0 Å². The summed E-state index contributed by atoms with van der Waals surface area (Å²) in [5.41, 5.74) is 5.52. The number of nitrogens with zero attached hydrogens (tertiary/aromatic N) is 2. The molecule has 0 fully saturated rings. The summed E-state index contributed by atoms with van der Waals surface area (Å²) >= 11 is 0. The predicted octanol–water partition coefficient (Wildman–Crippen LogP) is 7.52. The summed E-state index contributed by atoms with van der Waals surface area (Å²) in [6.07, 6.45) is 2.18. The smallest absolute Gasteiger partial charge is 0.411 e. The van der Waals surface area contributed by atoms with Crippen LogP contribution in [0.1, 0.15) is 39.4 Å². The van der Waals surface area contributed by atoms with E-state index in [0.717, 1.165) is 22.3 Å². The molecule has 0 saturated heterocycles. The number of aromatic amines is 1. The molecule has 6 aromatic rings. The van der Waals surface area contributed by atoms with E-state index in [1.165, 1.54) is 11.2 Å². The van der Waals surface area contributed by atoms with Crippen LogP contribution in [0.5, 0.6) is 0 Å². The second-order valence-corrected chi connectivity index (χ2v) is 11.6. The number of carbonyl (C=O) groups is 2. The van der Waals surface area contributed by atoms with E-state index in [4.69, 9.17) is 4.74 Å². The Bertz CT molecular complexity index is 1840. The van der Waals surface area contributed by atoms with Crippen LogP contribution in [0.25, 0.3) is 11.1 Å². The normalized spacial score (nSPS) is 12.9. The maximum absolute atomic E-state index is 15.0. The summed E-state index contributed by atoms with van der Waals surface area (Å²) in [5.74, 6) is -1.64. The van der Waals surface area contributed by atoms with Crippen molar-refractivity contribution in [2.45, 2.75) is 23.9 Å². The molecule has 5 aromatic carbocycles. The summed E-state index contributed by atoms with van der Waals surface area (Å²) in [5, 5.41) is 13.3. The molecule has 7 nitrogen and oxygen atoms in total. The van der Waals surface area contributed by atoms with Crippen LogP contribution in [0.3, 0.4) is 0 Å². The highest BCUT2D eigenvalue weighted by Crippen LogP contribution is 2.47. The van der Waals surface area contributed by atoms with Crippen molar-refractivity contribution < 1.29 is 19.4 Å². The van der Waals surface area contributed by atoms with E-state index in [2.05, 4.69) is 34.2 Å². The first-order valence-electron chi connectivity index (χ1n) is 15.6. The monoisotopic (exact) mass is 618 g/mol. The van der Waals surface area contributed by atoms with Crippen molar-refractivity contribution >= 4 is 12.1 Å². The van der Waals surface area contributed by atoms with Crippen LogP contribution >= 0.6 is 0 Å². The number of hydrogen-bond donors (Lipinski definition) is 1. The minimum atomic E-state index is -1.45. The van der Waals surface area contributed by atoms with Crippen molar-refractivity contribution in [3.63, 3.8) is 0 Å². The molecule has 7 heteroatoms. The van der Waals surface area contributed by atoms with Crippen molar-refractivity contribution in [2.75, 3.05) is 6.61 Å². The molecule has 1 N–H and O–H groups in total. The number of amides is 1. The molecule has 0 aliphatic heterocycles. The van der Waals surface area contributed by atoms with Gasteiger partial charge < -0.3 is 9.72 Å². The minimum Gasteiger partial charge on any atom is -0.448 e. The Labute approximate surface area is 273 Å². The Hall–Kier alpha value is -5.95. The van der Waals surface area contributed by atoms with Gasteiger partial charge in [0, 0.05) is 24.2 Å². The number of aromatic nitrogens is 2. The first-order chi connectivity index (χ1) is 23.1. The number of H-pyrrole nitrogens is 1. The van der Waals surface area contributed by atoms with Gasteiger partial charge in [-0.05, 0) is 38.9 Å². The zero-order valence-electron chi connectivity index (χ0n) is 25.5. The number of hydrogen-bond acceptors (Lipinski definition) is 4. The van der Waals surface area contributed by atoms with Crippen LogP contribution in [0.15, 0.2) is 152 Å². The second kappa shape index (κ2) is 12.8. The Morgan fingerprint density at radius 3 is 1.62 bits per heavy atom. The fraction of sp³-hybridized carbons (Fsp3) is 0.125. The maximum Gasteiger partial charge on any atom is 0.411 e. The van der Waals surface area contributed by atoms with Crippen LogP contribution < -0.4 is 0 Å². The third-order valence-electron chi connectivity index (χ3n) is 9.02. The summed E-state index contributed by atoms with van der Waals surface area (Å²) in [4.78, 5) is 36.7. The molecule has 0 spiro atoms. The first-order valence-corrected chi connectivity index (χ1v) is 15.6. The van der Waals surface area contributed by atoms with Crippen molar-refractivity contribution in [1.29, 1.82) is 0 Å². The van der Waals surface area contributed by atoms with Crippen LogP contribution in [0.4, 0.5) is 4.79 Å². The van der Waals surface area contributed by atoms with E-state index in [9.17, 15) is 14.7 Å². The zero-order valence-corrected chi connectivity index (χ0v) is 25.5. The van der Waals surface area contributed by atoms with E-state index < -0.39 is 23.6 Å². The van der Waals surface area contributed by atoms with E-state index in [1.54, 1.807) is 6.20 Å². The summed E-state index contributed by atoms with van der Waals surface area (Å²) in [6, 6.07) is 43.2. The topological polar surface area (TPSA) is 95.2 Å². The van der Waals surface area contributed by atoms with Gasteiger partial charge in [0.05, 0.1) is 6.33 Å². The number of rotatable bonds is 10. The fourth-order valence-electron chi connectivity index (χ4n) is 7.00. The molecule has 1 aliphatic rings. The summed E-state index contributed by atoms with van der Waals surface area (Å²) < 4.78 is 6.29. The number of benzene rings is 5. The Kier molecular flexibility index (Phi) is 8.11. The maximum atomic E-state index is 15.0. The average molecular weight is 619 g/mol. The van der Waals surface area contributed by atoms with Crippen LogP contribution in [-0.2, 0) is 26.6 Å². The van der Waals surface area contributed by atoms with Crippen molar-refractivity contribution in [2.24, 2.45) is 0 Å². The lowest BCUT2D eigenvalue weighted by molar-refractivity contribution is -0.150. The van der Waals surface area contributed by atoms with Gasteiger partial charge in [-0.25, -0.2) is 19.7 Å². The standard InChI is InChI=1S/C40H32N3O4/c44-38(45)37(24-31-25-41-27-42-31)43(39(46)47-26-36-34-22-12-10-20-32(34)33-21-11-13-23-35(33)36)40(28-14-4-1-5-15-28,29-16-6-2-7-17-29)30-18-8-3-9-19-30/h1-23,25,27,36-37H,24,26H2,(H,41,42)/t37-/m0/s1. The van der Waals surface area contributed by atoms with Gasteiger partial charge in [-0.2, -0.15) is 0 Å². The lowest BCUT2D eigenvalue weighted by Gasteiger charge is -2.47. The van der Waals surface area contributed by atoms with Gasteiger partial charge >= 0.3 is 12.1 Å². The van der Waals surface area contributed by atoms with Crippen LogP contribution in [-0.4, -0.2) is 39.6 Å². The van der Waals surface area contributed by atoms with Gasteiger partial charge in [-0.1, -0.05) is 140 Å². The van der Waals surface area contributed by atoms with Crippen LogP contribution in [0, 0.1) is 0 Å². The third-order valence-corrected chi connectivity index (χ3v) is 9.02. The van der Waals surface area contributed by atoms with E-state index >= 15 is 0 Å². The molecular formula is C40H32N3O4. The molecule has 47 heavy (non-hydrogen) atoms. The van der Waals surface area contributed by atoms with Crippen molar-refractivity contribution in [3.05, 3.63) is 186 Å². The molecule has 1 amide bonds. The molecule has 231 valence electrons. The Morgan fingerprint density at radius 1 is 0.702 bits per heavy atom. The highest BCUT2D eigenvalue weighted by atomic mass is 16.6. The number of fused-ring (bicyclic) bond motifs is 3. The zero-order chi connectivity index (χ0) is 32.2. The largest absolute Gasteiger partial charge is 0.448 e. The predicted molar refractivity (Wildman–Crippen MR) is 178 cm³/mol. The second-order valence-electron chi connectivity index (χ2n) is 11.6. The minimum absolute atomic E-state index is 0.0155. The molecule has 0 unspecified atom stereocenters. The van der Waals surface area contributed by atoms with E-state index in [-0.39, 0.29) is 18.9 Å². The Morgan fingerprint density at radius 2 is 1.17 bits per heavy atom. The van der Waals surface area contributed by atoms with Gasteiger partial charge in [0.2, 0.25) is 0 Å². The number of nitrogens with one attached hydrogen (secondary N) is 1. The molecule has 7 rings (SSSR count). The Balaban J connectivity index is 1.41. The van der Waals surface area contributed by atoms with E-state index in [1.807, 2.05) is 115 Å². The van der Waals surface area contributed by atoms with Gasteiger partial charge in [0.25, 0.3) is 0 Å². The van der Waals surface area contributed by atoms with Crippen LogP contribution in [0.2, 0.25) is 0 Å². The average Bonchev–Trinajstić information content (AvgIpc) is 3.76. The highest BCUT2D eigenvalue weighted by molar-refractivity contribution is 5.83. The quantitative estimate of drug-likeness (QED) is 0.161. The highest BCUT2D eigenvalue weighted by Gasteiger charge is 2.51. The molecular weight excluding hydrogens is 586 g/mol. The SMILES string of the molecule is [O]C(=O)[C@H](Cc1cnc[nH]1)N(C(=O)OCC1c2ccccc2-c2ccccc21)C(c1ccccc1)(c1ccccc1)c1ccccc1. The van der Waals surface area contributed by atoms with Crippen molar-refractivity contribution in [3.8, 4) is 11.1 Å². The number of imidazole rings is 1. The van der Waals surface area contributed by atoms with E-state index in [0.29, 0.717) is 22.4 Å². The fourth-order valence-corrected chi connectivity index (χ4v) is 7.00. The molecule has 1 radical (unpaired) electrons. The molecule has 0 saturated carbocycles. The third kappa shape index (κ3) is 5.36. The molecule has 1 atom stereocenters. The number of ether oxygens (including phenoxy) is 1. The molecule has 1 aromatic heterocycles. The first kappa shape index (κ1) is 29.7. The molecule has 1 heterocycles. The lowest BCUT2D eigenvalue weighted by atomic mass is 9.74. The van der Waals surface area contributed by atoms with Gasteiger partial charge in [-0.15, -0.1) is 0 Å². The van der Waals surface area contributed by atoms with Gasteiger partial charge in [-0.3, -0.25) is 4.90 Å². The van der Waals surface area contributed by atoms with Crippen molar-refractivity contribution in [1.82, 2.24) is 14.9 Å². The van der Waals surface area contributed by atoms with Gasteiger partial charge in [0.1, 0.15) is 18.2 Å². The molecule has 0 bridgehead atoms. The lowest BCUT2D eigenvalue weighted by Crippen LogP contribution is -2.59. The summed E-state index contributed by atoms with van der Waals surface area (Å²) in [6.45, 7) is 0.0155. The molecule has 1 aliphatic carbocycles.